The van der Waals surface area contributed by atoms with Crippen LogP contribution in [0.3, 0.4) is 0 Å². The van der Waals surface area contributed by atoms with Gasteiger partial charge in [-0.3, -0.25) is 9.69 Å². The summed E-state index contributed by atoms with van der Waals surface area (Å²) in [5.41, 5.74) is 1.07. The van der Waals surface area contributed by atoms with Gasteiger partial charge in [0.05, 0.1) is 18.8 Å². The number of carbonyl (C=O) groups is 1. The minimum absolute atomic E-state index is 0.0327. The van der Waals surface area contributed by atoms with Gasteiger partial charge in [-0.1, -0.05) is 30.3 Å². The minimum Gasteiger partial charge on any atom is -0.480 e. The summed E-state index contributed by atoms with van der Waals surface area (Å²) in [4.78, 5) is 13.2. The fraction of sp³-hybridized carbons (Fsp3) is 0.312. The Morgan fingerprint density at radius 1 is 1.25 bits per heavy atom. The summed E-state index contributed by atoms with van der Waals surface area (Å²) in [5.74, 6) is -0.00580. The Morgan fingerprint density at radius 2 is 2.00 bits per heavy atom. The smallest absolute Gasteiger partial charge is 0.317 e. The van der Waals surface area contributed by atoms with Gasteiger partial charge in [0.25, 0.3) is 0 Å². The van der Waals surface area contributed by atoms with Crippen LogP contribution in [0, 0.1) is 0 Å². The monoisotopic (exact) mass is 271 g/mol. The highest BCUT2D eigenvalue weighted by Gasteiger charge is 2.37. The summed E-state index contributed by atoms with van der Waals surface area (Å²) in [6.07, 6.45) is 3.74. The summed E-state index contributed by atoms with van der Waals surface area (Å²) in [6.45, 7) is 0.0327. The van der Waals surface area contributed by atoms with Crippen LogP contribution in [0.25, 0.3) is 0 Å². The van der Waals surface area contributed by atoms with Crippen LogP contribution in [0.2, 0.25) is 0 Å². The zero-order chi connectivity index (χ0) is 13.9. The van der Waals surface area contributed by atoms with Crippen LogP contribution < -0.4 is 0 Å². The maximum absolute atomic E-state index is 11.2. The van der Waals surface area contributed by atoms with Gasteiger partial charge in [-0.05, 0) is 30.5 Å². The molecule has 2 aromatic rings. The maximum Gasteiger partial charge on any atom is 0.317 e. The first kappa shape index (κ1) is 12.9. The van der Waals surface area contributed by atoms with Gasteiger partial charge in [-0.25, -0.2) is 0 Å². The van der Waals surface area contributed by atoms with Crippen LogP contribution in [0.15, 0.2) is 53.1 Å². The Morgan fingerprint density at radius 3 is 2.55 bits per heavy atom. The van der Waals surface area contributed by atoms with Crippen molar-refractivity contribution in [2.24, 2.45) is 0 Å². The van der Waals surface area contributed by atoms with Gasteiger partial charge in [0.15, 0.2) is 0 Å². The average molecular weight is 271 g/mol. The fourth-order valence-electron chi connectivity index (χ4n) is 2.59. The number of carboxylic acids is 1. The lowest BCUT2D eigenvalue weighted by Gasteiger charge is -2.29. The van der Waals surface area contributed by atoms with Crippen molar-refractivity contribution in [2.45, 2.75) is 24.9 Å². The van der Waals surface area contributed by atoms with Crippen molar-refractivity contribution in [3.63, 3.8) is 0 Å². The molecule has 0 radical (unpaired) electrons. The van der Waals surface area contributed by atoms with E-state index >= 15 is 0 Å². The molecule has 0 amide bonds. The number of aliphatic carboxylic acids is 1. The van der Waals surface area contributed by atoms with E-state index in [4.69, 9.17) is 4.42 Å². The van der Waals surface area contributed by atoms with Gasteiger partial charge < -0.3 is 9.52 Å². The molecule has 1 atom stereocenters. The molecule has 1 saturated carbocycles. The molecule has 1 aromatic heterocycles. The molecule has 20 heavy (non-hydrogen) atoms. The van der Waals surface area contributed by atoms with Crippen molar-refractivity contribution in [2.75, 3.05) is 6.54 Å². The lowest BCUT2D eigenvalue weighted by molar-refractivity contribution is -0.139. The standard InChI is InChI=1S/C16H17NO3/c18-15(19)11-17(13-8-9-13)16(14-7-4-10-20-14)12-5-2-1-3-6-12/h1-7,10,13,16H,8-9,11H2,(H,18,19). The molecule has 1 fully saturated rings. The summed E-state index contributed by atoms with van der Waals surface area (Å²) in [5, 5.41) is 9.18. The maximum atomic E-state index is 11.2. The lowest BCUT2D eigenvalue weighted by atomic mass is 10.0. The molecule has 0 bridgehead atoms. The Kier molecular flexibility index (Phi) is 3.56. The number of hydrogen-bond donors (Lipinski definition) is 1. The summed E-state index contributed by atoms with van der Waals surface area (Å²) < 4.78 is 5.56. The van der Waals surface area contributed by atoms with Gasteiger partial charge in [-0.15, -0.1) is 0 Å². The van der Waals surface area contributed by atoms with E-state index in [1.807, 2.05) is 47.4 Å². The molecular weight excluding hydrogens is 254 g/mol. The summed E-state index contributed by atoms with van der Waals surface area (Å²) >= 11 is 0. The van der Waals surface area contributed by atoms with Crippen molar-refractivity contribution in [3.05, 3.63) is 60.1 Å². The van der Waals surface area contributed by atoms with Crippen LogP contribution in [-0.2, 0) is 4.79 Å². The van der Waals surface area contributed by atoms with E-state index in [0.29, 0.717) is 6.04 Å². The Labute approximate surface area is 117 Å². The third-order valence-corrected chi connectivity index (χ3v) is 3.59. The number of rotatable bonds is 6. The molecule has 1 heterocycles. The number of hydrogen-bond acceptors (Lipinski definition) is 3. The van der Waals surface area contributed by atoms with Crippen molar-refractivity contribution >= 4 is 5.97 Å². The van der Waals surface area contributed by atoms with Crippen LogP contribution in [0.5, 0.6) is 0 Å². The Hall–Kier alpha value is -2.07. The Bertz CT molecular complexity index is 561. The van der Waals surface area contributed by atoms with E-state index in [2.05, 4.69) is 0 Å². The Balaban J connectivity index is 1.98. The van der Waals surface area contributed by atoms with E-state index < -0.39 is 5.97 Å². The van der Waals surface area contributed by atoms with Crippen LogP contribution >= 0.6 is 0 Å². The van der Waals surface area contributed by atoms with E-state index in [1.54, 1.807) is 6.26 Å². The van der Waals surface area contributed by atoms with Crippen molar-refractivity contribution in [1.29, 1.82) is 0 Å². The number of nitrogens with zero attached hydrogens (tertiary/aromatic N) is 1. The first-order valence-electron chi connectivity index (χ1n) is 6.81. The van der Waals surface area contributed by atoms with Crippen LogP contribution in [0.1, 0.15) is 30.2 Å². The molecule has 0 saturated heterocycles. The van der Waals surface area contributed by atoms with Gasteiger partial charge in [0.2, 0.25) is 0 Å². The predicted octanol–water partition coefficient (Wildman–Crippen LogP) is 2.92. The average Bonchev–Trinajstić information content (AvgIpc) is 3.16. The molecule has 1 unspecified atom stereocenters. The zero-order valence-corrected chi connectivity index (χ0v) is 11.1. The lowest BCUT2D eigenvalue weighted by Crippen LogP contribution is -2.36. The first-order chi connectivity index (χ1) is 9.75. The molecule has 1 N–H and O–H groups in total. The highest BCUT2D eigenvalue weighted by Crippen LogP contribution is 2.37. The highest BCUT2D eigenvalue weighted by molar-refractivity contribution is 5.69. The van der Waals surface area contributed by atoms with Gasteiger partial charge in [0.1, 0.15) is 5.76 Å². The molecule has 0 aliphatic heterocycles. The molecule has 104 valence electrons. The normalized spacial score (nSPS) is 16.2. The summed E-state index contributed by atoms with van der Waals surface area (Å²) in [7, 11) is 0. The van der Waals surface area contributed by atoms with Crippen molar-refractivity contribution in [3.8, 4) is 0 Å². The SMILES string of the molecule is O=C(O)CN(C1CC1)C(c1ccccc1)c1ccco1. The second-order valence-corrected chi connectivity index (χ2v) is 5.13. The first-order valence-corrected chi connectivity index (χ1v) is 6.81. The number of carboxylic acid groups (broad SMARTS) is 1. The molecule has 4 heteroatoms. The van der Waals surface area contributed by atoms with E-state index in [9.17, 15) is 9.90 Å². The fourth-order valence-corrected chi connectivity index (χ4v) is 2.59. The van der Waals surface area contributed by atoms with E-state index in [0.717, 1.165) is 24.2 Å². The van der Waals surface area contributed by atoms with Crippen molar-refractivity contribution in [1.82, 2.24) is 4.90 Å². The van der Waals surface area contributed by atoms with Crippen LogP contribution in [0.4, 0.5) is 0 Å². The molecule has 4 nitrogen and oxygen atoms in total. The minimum atomic E-state index is -0.801. The van der Waals surface area contributed by atoms with E-state index in [1.165, 1.54) is 0 Å². The zero-order valence-electron chi connectivity index (χ0n) is 11.1. The van der Waals surface area contributed by atoms with Gasteiger partial charge in [0, 0.05) is 6.04 Å². The second-order valence-electron chi connectivity index (χ2n) is 5.13. The van der Waals surface area contributed by atoms with E-state index in [-0.39, 0.29) is 12.6 Å². The topological polar surface area (TPSA) is 53.7 Å². The van der Waals surface area contributed by atoms with Gasteiger partial charge in [-0.2, -0.15) is 0 Å². The second kappa shape index (κ2) is 5.51. The highest BCUT2D eigenvalue weighted by atomic mass is 16.4. The van der Waals surface area contributed by atoms with Crippen LogP contribution in [-0.4, -0.2) is 28.6 Å². The van der Waals surface area contributed by atoms with Gasteiger partial charge >= 0.3 is 5.97 Å². The molecule has 1 aliphatic carbocycles. The molecule has 3 rings (SSSR count). The summed E-state index contributed by atoms with van der Waals surface area (Å²) in [6, 6.07) is 13.9. The molecule has 1 aromatic carbocycles. The molecular formula is C16H17NO3. The predicted molar refractivity (Wildman–Crippen MR) is 74.4 cm³/mol. The number of benzene rings is 1. The van der Waals surface area contributed by atoms with Crippen molar-refractivity contribution < 1.29 is 14.3 Å². The third-order valence-electron chi connectivity index (χ3n) is 3.59. The third kappa shape index (κ3) is 2.75. The molecule has 1 aliphatic rings. The molecule has 0 spiro atoms. The quantitative estimate of drug-likeness (QED) is 0.877. The largest absolute Gasteiger partial charge is 0.480 e. The number of furan rings is 1.